The lowest BCUT2D eigenvalue weighted by atomic mass is 9.75. The standard InChI is InChI=1S/C24H28N6O3/c1-4-20(31)29-6-5-14(12-29)21-22-23(24(25)27-13-26-22)30(28-21)17-7-15(8-17)16-9-18(32-2)11-19(10-16)33-3/h4,9-11,13-15,17H,1,5-8,12H2,2-3H3,(H2,25,26,27). The molecule has 1 aliphatic carbocycles. The van der Waals surface area contributed by atoms with E-state index in [2.05, 4.69) is 28.7 Å². The zero-order valence-corrected chi connectivity index (χ0v) is 18.9. The van der Waals surface area contributed by atoms with Crippen molar-refractivity contribution in [3.63, 3.8) is 0 Å². The Labute approximate surface area is 192 Å². The molecule has 2 fully saturated rings. The van der Waals surface area contributed by atoms with Gasteiger partial charge in [-0.2, -0.15) is 5.10 Å². The number of methoxy groups -OCH3 is 2. The van der Waals surface area contributed by atoms with Crippen LogP contribution in [0.15, 0.2) is 37.2 Å². The van der Waals surface area contributed by atoms with Crippen molar-refractivity contribution in [1.82, 2.24) is 24.6 Å². The highest BCUT2D eigenvalue weighted by Gasteiger charge is 2.37. The normalized spacial score (nSPS) is 22.2. The van der Waals surface area contributed by atoms with Crippen molar-refractivity contribution >= 4 is 22.8 Å². The number of benzene rings is 1. The molecule has 1 saturated heterocycles. The number of fused-ring (bicyclic) bond motifs is 1. The molecule has 9 nitrogen and oxygen atoms in total. The summed E-state index contributed by atoms with van der Waals surface area (Å²) < 4.78 is 12.9. The minimum absolute atomic E-state index is 0.0501. The molecule has 3 heterocycles. The van der Waals surface area contributed by atoms with Crippen LogP contribution in [0, 0.1) is 0 Å². The van der Waals surface area contributed by atoms with Crippen molar-refractivity contribution in [1.29, 1.82) is 0 Å². The second-order valence-electron chi connectivity index (χ2n) is 8.73. The van der Waals surface area contributed by atoms with Crippen molar-refractivity contribution < 1.29 is 14.3 Å². The summed E-state index contributed by atoms with van der Waals surface area (Å²) in [6.45, 7) is 4.90. The van der Waals surface area contributed by atoms with Gasteiger partial charge in [0, 0.05) is 25.1 Å². The van der Waals surface area contributed by atoms with Gasteiger partial charge in [0.2, 0.25) is 5.91 Å². The van der Waals surface area contributed by atoms with Gasteiger partial charge in [0.15, 0.2) is 5.82 Å². The number of rotatable bonds is 6. The molecule has 0 spiro atoms. The molecule has 1 unspecified atom stereocenters. The molecule has 1 aromatic carbocycles. The number of hydrogen-bond donors (Lipinski definition) is 1. The van der Waals surface area contributed by atoms with Crippen molar-refractivity contribution in [2.75, 3.05) is 33.0 Å². The van der Waals surface area contributed by atoms with E-state index in [1.165, 1.54) is 18.0 Å². The van der Waals surface area contributed by atoms with E-state index in [1.807, 2.05) is 15.6 Å². The number of hydrogen-bond acceptors (Lipinski definition) is 7. The smallest absolute Gasteiger partial charge is 0.245 e. The van der Waals surface area contributed by atoms with Gasteiger partial charge in [0.1, 0.15) is 28.9 Å². The van der Waals surface area contributed by atoms with Gasteiger partial charge in [-0.05, 0) is 49.0 Å². The summed E-state index contributed by atoms with van der Waals surface area (Å²) in [4.78, 5) is 22.6. The predicted molar refractivity (Wildman–Crippen MR) is 124 cm³/mol. The fourth-order valence-corrected chi connectivity index (χ4v) is 5.00. The summed E-state index contributed by atoms with van der Waals surface area (Å²) in [5.74, 6) is 2.45. The van der Waals surface area contributed by atoms with Gasteiger partial charge in [0.25, 0.3) is 0 Å². The third-order valence-electron chi connectivity index (χ3n) is 6.90. The van der Waals surface area contributed by atoms with Gasteiger partial charge >= 0.3 is 0 Å². The van der Waals surface area contributed by atoms with Crippen LogP contribution in [0.5, 0.6) is 11.5 Å². The van der Waals surface area contributed by atoms with Crippen molar-refractivity contribution in [2.24, 2.45) is 0 Å². The lowest BCUT2D eigenvalue weighted by Crippen LogP contribution is -2.27. The third kappa shape index (κ3) is 3.67. The first-order valence-corrected chi connectivity index (χ1v) is 11.1. The zero-order valence-electron chi connectivity index (χ0n) is 18.9. The van der Waals surface area contributed by atoms with Gasteiger partial charge in [0.05, 0.1) is 26.0 Å². The molecule has 1 saturated carbocycles. The van der Waals surface area contributed by atoms with Crippen LogP contribution in [0.3, 0.4) is 0 Å². The van der Waals surface area contributed by atoms with E-state index in [0.29, 0.717) is 24.8 Å². The summed E-state index contributed by atoms with van der Waals surface area (Å²) in [5, 5.41) is 4.99. The van der Waals surface area contributed by atoms with Crippen molar-refractivity contribution in [3.05, 3.63) is 48.4 Å². The Kier molecular flexibility index (Phi) is 5.39. The lowest BCUT2D eigenvalue weighted by molar-refractivity contribution is -0.125. The fourth-order valence-electron chi connectivity index (χ4n) is 5.00. The molecule has 1 amide bonds. The molecule has 5 rings (SSSR count). The highest BCUT2D eigenvalue weighted by Crippen LogP contribution is 2.48. The molecular formula is C24H28N6O3. The predicted octanol–water partition coefficient (Wildman–Crippen LogP) is 3.05. The van der Waals surface area contributed by atoms with E-state index in [9.17, 15) is 4.79 Å². The van der Waals surface area contributed by atoms with Gasteiger partial charge in [-0.3, -0.25) is 9.48 Å². The van der Waals surface area contributed by atoms with Gasteiger partial charge in [-0.25, -0.2) is 9.97 Å². The Morgan fingerprint density at radius 1 is 1.15 bits per heavy atom. The first-order valence-electron chi connectivity index (χ1n) is 11.1. The Morgan fingerprint density at radius 3 is 2.55 bits per heavy atom. The highest BCUT2D eigenvalue weighted by molar-refractivity contribution is 5.88. The average Bonchev–Trinajstić information content (AvgIpc) is 3.43. The van der Waals surface area contributed by atoms with E-state index in [-0.39, 0.29) is 17.9 Å². The molecule has 1 atom stereocenters. The maximum absolute atomic E-state index is 12.1. The number of likely N-dealkylation sites (tertiary alicyclic amines) is 1. The Balaban J connectivity index is 1.42. The van der Waals surface area contributed by atoms with Crippen LogP contribution in [0.4, 0.5) is 5.82 Å². The molecule has 172 valence electrons. The number of nitrogens with zero attached hydrogens (tertiary/aromatic N) is 5. The quantitative estimate of drug-likeness (QED) is 0.577. The summed E-state index contributed by atoms with van der Waals surface area (Å²) >= 11 is 0. The maximum atomic E-state index is 12.1. The first kappa shape index (κ1) is 21.2. The Hall–Kier alpha value is -3.62. The number of carbonyl (C=O) groups is 1. The Bertz CT molecular complexity index is 1190. The van der Waals surface area contributed by atoms with Crippen molar-refractivity contribution in [3.8, 4) is 11.5 Å². The van der Waals surface area contributed by atoms with Crippen LogP contribution < -0.4 is 15.2 Å². The molecule has 3 aromatic rings. The summed E-state index contributed by atoms with van der Waals surface area (Å²) in [5.41, 5.74) is 9.94. The third-order valence-corrected chi connectivity index (χ3v) is 6.90. The van der Waals surface area contributed by atoms with E-state index in [0.717, 1.165) is 47.5 Å². The zero-order chi connectivity index (χ0) is 23.1. The number of ether oxygens (including phenoxy) is 2. The monoisotopic (exact) mass is 448 g/mol. The van der Waals surface area contributed by atoms with Gasteiger partial charge < -0.3 is 20.1 Å². The lowest BCUT2D eigenvalue weighted by Gasteiger charge is -2.36. The Morgan fingerprint density at radius 2 is 1.88 bits per heavy atom. The van der Waals surface area contributed by atoms with Crippen LogP contribution in [0.1, 0.15) is 48.4 Å². The van der Waals surface area contributed by atoms with Gasteiger partial charge in [-0.1, -0.05) is 6.58 Å². The van der Waals surface area contributed by atoms with Crippen LogP contribution in [0.25, 0.3) is 11.0 Å². The van der Waals surface area contributed by atoms with E-state index in [1.54, 1.807) is 14.2 Å². The first-order chi connectivity index (χ1) is 16.0. The molecule has 9 heteroatoms. The number of nitrogens with two attached hydrogens (primary N) is 1. The summed E-state index contributed by atoms with van der Waals surface area (Å²) in [6, 6.07) is 6.21. The van der Waals surface area contributed by atoms with Gasteiger partial charge in [-0.15, -0.1) is 0 Å². The van der Waals surface area contributed by atoms with Crippen LogP contribution >= 0.6 is 0 Å². The molecule has 2 aromatic heterocycles. The van der Waals surface area contributed by atoms with Crippen LogP contribution in [-0.4, -0.2) is 57.9 Å². The van der Waals surface area contributed by atoms with Crippen LogP contribution in [-0.2, 0) is 4.79 Å². The number of amides is 1. The molecular weight excluding hydrogens is 420 g/mol. The van der Waals surface area contributed by atoms with E-state index >= 15 is 0 Å². The summed E-state index contributed by atoms with van der Waals surface area (Å²) in [7, 11) is 3.32. The topological polar surface area (TPSA) is 108 Å². The molecule has 33 heavy (non-hydrogen) atoms. The second-order valence-corrected chi connectivity index (χ2v) is 8.73. The number of anilines is 1. The minimum atomic E-state index is -0.0501. The average molecular weight is 449 g/mol. The minimum Gasteiger partial charge on any atom is -0.497 e. The largest absolute Gasteiger partial charge is 0.497 e. The van der Waals surface area contributed by atoms with Crippen LogP contribution in [0.2, 0.25) is 0 Å². The van der Waals surface area contributed by atoms with Crippen molar-refractivity contribution in [2.45, 2.75) is 37.1 Å². The number of carbonyl (C=O) groups excluding carboxylic acids is 1. The van der Waals surface area contributed by atoms with E-state index in [4.69, 9.17) is 20.3 Å². The maximum Gasteiger partial charge on any atom is 0.245 e. The molecule has 1 aliphatic heterocycles. The second kappa shape index (κ2) is 8.38. The molecule has 0 bridgehead atoms. The number of aromatic nitrogens is 4. The summed E-state index contributed by atoms with van der Waals surface area (Å²) in [6.07, 6.45) is 5.54. The van der Waals surface area contributed by atoms with E-state index < -0.39 is 0 Å². The molecule has 0 radical (unpaired) electrons. The number of nitrogen functional groups attached to an aromatic ring is 1. The molecule has 2 aliphatic rings. The SMILES string of the molecule is C=CC(=O)N1CCC(c2nn(C3CC(c4cc(OC)cc(OC)c4)C3)c3c(N)ncnc23)C1. The fraction of sp³-hybridized carbons (Fsp3) is 0.417. The highest BCUT2D eigenvalue weighted by atomic mass is 16.5. The molecule has 2 N–H and O–H groups in total.